The molecule has 0 aliphatic heterocycles. The molecule has 3 aromatic rings. The zero-order chi connectivity index (χ0) is 26.2. The lowest BCUT2D eigenvalue weighted by Crippen LogP contribution is -2.32. The van der Waals surface area contributed by atoms with E-state index < -0.39 is 0 Å². The first-order valence-electron chi connectivity index (χ1n) is 13.1. The van der Waals surface area contributed by atoms with E-state index in [4.69, 9.17) is 19.2 Å². The van der Waals surface area contributed by atoms with E-state index in [0.29, 0.717) is 36.6 Å². The van der Waals surface area contributed by atoms with Gasteiger partial charge in [-0.3, -0.25) is 5.10 Å². The summed E-state index contributed by atoms with van der Waals surface area (Å²) >= 11 is 0. The summed E-state index contributed by atoms with van der Waals surface area (Å²) in [5.41, 5.74) is 2.93. The number of anilines is 4. The van der Waals surface area contributed by atoms with Crippen LogP contribution in [0.1, 0.15) is 63.1 Å². The Morgan fingerprint density at radius 2 is 1.97 bits per heavy atom. The van der Waals surface area contributed by atoms with Crippen LogP contribution >= 0.6 is 0 Å². The molecule has 4 rings (SSSR count). The summed E-state index contributed by atoms with van der Waals surface area (Å²) in [6.45, 7) is 9.77. The first-order valence-corrected chi connectivity index (χ1v) is 13.1. The van der Waals surface area contributed by atoms with Gasteiger partial charge in [0.2, 0.25) is 5.95 Å². The SMILES string of the molecule is CCO/C=C(\CC)c1cc(CNc2nc(Nc3cc(C4CC4)[nH]n3)cc(N(CC)CCN(C)C)n2)on1. The minimum absolute atomic E-state index is 0.402. The van der Waals surface area contributed by atoms with Crippen molar-refractivity contribution in [3.8, 4) is 0 Å². The van der Waals surface area contributed by atoms with Gasteiger partial charge in [-0.15, -0.1) is 0 Å². The Labute approximate surface area is 218 Å². The number of aromatic amines is 1. The van der Waals surface area contributed by atoms with Crippen LogP contribution in [0.3, 0.4) is 0 Å². The highest BCUT2D eigenvalue weighted by Crippen LogP contribution is 2.39. The van der Waals surface area contributed by atoms with Gasteiger partial charge in [-0.05, 0) is 47.2 Å². The van der Waals surface area contributed by atoms with Crippen molar-refractivity contribution in [2.45, 2.75) is 52.5 Å². The number of ether oxygens (including phenoxy) is 1. The van der Waals surface area contributed by atoms with Crippen molar-refractivity contribution in [3.05, 3.63) is 41.6 Å². The Hall–Kier alpha value is -3.60. The van der Waals surface area contributed by atoms with Crippen LogP contribution in [0.4, 0.5) is 23.4 Å². The van der Waals surface area contributed by atoms with Crippen molar-refractivity contribution >= 4 is 29.0 Å². The monoisotopic (exact) mass is 509 g/mol. The van der Waals surface area contributed by atoms with Gasteiger partial charge in [0.25, 0.3) is 0 Å². The van der Waals surface area contributed by atoms with Gasteiger partial charge in [0, 0.05) is 55.0 Å². The molecule has 3 aromatic heterocycles. The van der Waals surface area contributed by atoms with Crippen LogP contribution in [-0.2, 0) is 11.3 Å². The molecule has 3 heterocycles. The molecule has 3 N–H and O–H groups in total. The summed E-state index contributed by atoms with van der Waals surface area (Å²) in [6.07, 6.45) is 4.98. The molecule has 0 saturated heterocycles. The largest absolute Gasteiger partial charge is 0.501 e. The van der Waals surface area contributed by atoms with Gasteiger partial charge in [-0.1, -0.05) is 12.1 Å². The maximum absolute atomic E-state index is 5.56. The molecule has 11 nitrogen and oxygen atoms in total. The first kappa shape index (κ1) is 26.5. The van der Waals surface area contributed by atoms with E-state index in [1.165, 1.54) is 18.5 Å². The van der Waals surface area contributed by atoms with Crippen LogP contribution in [0, 0.1) is 0 Å². The molecule has 1 aliphatic rings. The molecule has 0 atom stereocenters. The second kappa shape index (κ2) is 12.6. The predicted molar refractivity (Wildman–Crippen MR) is 146 cm³/mol. The van der Waals surface area contributed by atoms with Crippen molar-refractivity contribution < 1.29 is 9.26 Å². The summed E-state index contributed by atoms with van der Waals surface area (Å²) in [5, 5.41) is 18.4. The number of aromatic nitrogens is 5. The maximum Gasteiger partial charge on any atom is 0.227 e. The third-order valence-corrected chi connectivity index (χ3v) is 6.19. The van der Waals surface area contributed by atoms with E-state index in [2.05, 4.69) is 69.8 Å². The summed E-state index contributed by atoms with van der Waals surface area (Å²) in [4.78, 5) is 13.9. The highest BCUT2D eigenvalue weighted by atomic mass is 16.5. The molecule has 0 unspecified atom stereocenters. The van der Waals surface area contributed by atoms with E-state index in [1.807, 2.05) is 19.1 Å². The quantitative estimate of drug-likeness (QED) is 0.251. The van der Waals surface area contributed by atoms with Gasteiger partial charge in [-0.2, -0.15) is 15.1 Å². The van der Waals surface area contributed by atoms with Crippen LogP contribution < -0.4 is 15.5 Å². The molecule has 200 valence electrons. The molecule has 0 spiro atoms. The first-order chi connectivity index (χ1) is 18.0. The molecule has 0 bridgehead atoms. The lowest BCUT2D eigenvalue weighted by molar-refractivity contribution is 0.270. The van der Waals surface area contributed by atoms with Crippen LogP contribution in [0.2, 0.25) is 0 Å². The highest BCUT2D eigenvalue weighted by molar-refractivity contribution is 5.61. The van der Waals surface area contributed by atoms with Gasteiger partial charge in [-0.25, -0.2) is 0 Å². The van der Waals surface area contributed by atoms with Gasteiger partial charge >= 0.3 is 0 Å². The van der Waals surface area contributed by atoms with Crippen molar-refractivity contribution in [1.29, 1.82) is 0 Å². The minimum Gasteiger partial charge on any atom is -0.501 e. The molecule has 0 amide bonds. The van der Waals surface area contributed by atoms with E-state index in [1.54, 1.807) is 6.26 Å². The predicted octanol–water partition coefficient (Wildman–Crippen LogP) is 4.60. The highest BCUT2D eigenvalue weighted by Gasteiger charge is 2.25. The third-order valence-electron chi connectivity index (χ3n) is 6.19. The van der Waals surface area contributed by atoms with Crippen LogP contribution in [0.25, 0.3) is 5.57 Å². The number of nitrogens with one attached hydrogen (secondary N) is 3. The molecule has 1 saturated carbocycles. The number of likely N-dealkylation sites (N-methyl/N-ethyl adjacent to an activating group) is 2. The minimum atomic E-state index is 0.402. The van der Waals surface area contributed by atoms with Crippen LogP contribution in [0.15, 0.2) is 29.0 Å². The molecule has 11 heteroatoms. The normalized spacial score (nSPS) is 13.7. The van der Waals surface area contributed by atoms with Gasteiger partial charge < -0.3 is 29.7 Å². The van der Waals surface area contributed by atoms with E-state index in [-0.39, 0.29) is 0 Å². The zero-order valence-corrected chi connectivity index (χ0v) is 22.5. The van der Waals surface area contributed by atoms with Crippen LogP contribution in [0.5, 0.6) is 0 Å². The fourth-order valence-electron chi connectivity index (χ4n) is 3.85. The fraction of sp³-hybridized carbons (Fsp3) is 0.538. The topological polar surface area (TPSA) is 120 Å². The average molecular weight is 510 g/mol. The van der Waals surface area contributed by atoms with Crippen molar-refractivity contribution in [3.63, 3.8) is 0 Å². The Morgan fingerprint density at radius 3 is 2.68 bits per heavy atom. The lowest BCUT2D eigenvalue weighted by atomic mass is 10.1. The lowest BCUT2D eigenvalue weighted by Gasteiger charge is -2.24. The maximum atomic E-state index is 5.56. The van der Waals surface area contributed by atoms with Gasteiger partial charge in [0.15, 0.2) is 11.6 Å². The number of nitrogens with zero attached hydrogens (tertiary/aromatic N) is 6. The van der Waals surface area contributed by atoms with Gasteiger partial charge in [0.05, 0.1) is 19.4 Å². The molecular formula is C26H39N9O2. The van der Waals surface area contributed by atoms with Crippen molar-refractivity contribution in [2.24, 2.45) is 0 Å². The summed E-state index contributed by atoms with van der Waals surface area (Å²) in [5.74, 6) is 4.06. The number of H-pyrrole nitrogens is 1. The summed E-state index contributed by atoms with van der Waals surface area (Å²) in [7, 11) is 4.14. The Kier molecular flexibility index (Phi) is 8.99. The molecular weight excluding hydrogens is 470 g/mol. The summed E-state index contributed by atoms with van der Waals surface area (Å²) in [6, 6.07) is 5.95. The van der Waals surface area contributed by atoms with E-state index in [0.717, 1.165) is 49.0 Å². The molecule has 0 radical (unpaired) electrons. The molecule has 37 heavy (non-hydrogen) atoms. The van der Waals surface area contributed by atoms with E-state index >= 15 is 0 Å². The average Bonchev–Trinajstić information content (AvgIpc) is 3.45. The fourth-order valence-corrected chi connectivity index (χ4v) is 3.85. The summed E-state index contributed by atoms with van der Waals surface area (Å²) < 4.78 is 11.0. The van der Waals surface area contributed by atoms with Crippen molar-refractivity contribution in [1.82, 2.24) is 30.2 Å². The smallest absolute Gasteiger partial charge is 0.227 e. The number of hydrogen-bond donors (Lipinski definition) is 3. The molecule has 1 fully saturated rings. The number of hydrogen-bond acceptors (Lipinski definition) is 10. The second-order valence-corrected chi connectivity index (χ2v) is 9.41. The number of allylic oxidation sites excluding steroid dienone is 1. The second-order valence-electron chi connectivity index (χ2n) is 9.41. The standard InChI is InChI=1S/C26H39N9O2/c1-6-18(17-36-8-3)22-13-20(37-33-22)16-27-26-29-23(28-24-14-21(31-32-24)19-9-10-19)15-25(30-26)35(7-2)12-11-34(4)5/h13-15,17,19H,6-12,16H2,1-5H3,(H3,27,28,29,30,31,32)/b18-17+. The Bertz CT molecular complexity index is 1170. The van der Waals surface area contributed by atoms with Gasteiger partial charge in [0.1, 0.15) is 17.3 Å². The molecule has 0 aromatic carbocycles. The van der Waals surface area contributed by atoms with Crippen LogP contribution in [-0.4, -0.2) is 70.6 Å². The molecule has 1 aliphatic carbocycles. The van der Waals surface area contributed by atoms with Crippen molar-refractivity contribution in [2.75, 3.05) is 55.9 Å². The van der Waals surface area contributed by atoms with E-state index in [9.17, 15) is 0 Å². The number of rotatable bonds is 15. The third kappa shape index (κ3) is 7.45. The Balaban J connectivity index is 1.52. The zero-order valence-electron chi connectivity index (χ0n) is 22.5. The Morgan fingerprint density at radius 1 is 1.14 bits per heavy atom.